The summed E-state index contributed by atoms with van der Waals surface area (Å²) in [5.74, 6) is 2.26. The molecule has 0 N–H and O–H groups in total. The number of hydrogen-bond acceptors (Lipinski definition) is 1. The summed E-state index contributed by atoms with van der Waals surface area (Å²) in [6.45, 7) is 2.72. The van der Waals surface area contributed by atoms with Gasteiger partial charge in [-0.2, -0.15) is 0 Å². The summed E-state index contributed by atoms with van der Waals surface area (Å²) >= 11 is 6.15. The van der Waals surface area contributed by atoms with Gasteiger partial charge in [0.2, 0.25) is 0 Å². The van der Waals surface area contributed by atoms with Gasteiger partial charge in [-0.05, 0) is 43.4 Å². The van der Waals surface area contributed by atoms with Gasteiger partial charge >= 0.3 is 0 Å². The largest absolute Gasteiger partial charge is 0.494 e. The molecule has 1 aliphatic carbocycles. The third-order valence-electron chi connectivity index (χ3n) is 3.81. The maximum Gasteiger partial charge on any atom is 0.119 e. The van der Waals surface area contributed by atoms with E-state index < -0.39 is 0 Å². The fraction of sp³-hybridized carbons (Fsp3) is 0.529. The number of benzene rings is 1. The van der Waals surface area contributed by atoms with Gasteiger partial charge < -0.3 is 4.74 Å². The smallest absolute Gasteiger partial charge is 0.119 e. The van der Waals surface area contributed by atoms with Crippen molar-refractivity contribution in [2.45, 2.75) is 39.0 Å². The first-order chi connectivity index (χ1) is 9.33. The minimum Gasteiger partial charge on any atom is -0.494 e. The van der Waals surface area contributed by atoms with Crippen LogP contribution in [0.15, 0.2) is 29.8 Å². The van der Waals surface area contributed by atoms with Crippen molar-refractivity contribution in [1.82, 2.24) is 0 Å². The van der Waals surface area contributed by atoms with E-state index in [1.165, 1.54) is 43.2 Å². The summed E-state index contributed by atoms with van der Waals surface area (Å²) in [6, 6.07) is 8.27. The maximum atomic E-state index is 6.15. The molecule has 104 valence electrons. The minimum atomic E-state index is 0.642. The summed E-state index contributed by atoms with van der Waals surface area (Å²) in [6.07, 6.45) is 8.92. The second-order valence-corrected chi connectivity index (χ2v) is 5.46. The summed E-state index contributed by atoms with van der Waals surface area (Å²) < 4.78 is 5.54. The SMILES string of the molecule is CCOc1cccc(C=C(CCl)C2CCCCC2)c1. The molecule has 0 atom stereocenters. The molecule has 19 heavy (non-hydrogen) atoms. The second-order valence-electron chi connectivity index (χ2n) is 5.19. The van der Waals surface area contributed by atoms with Crippen molar-refractivity contribution in [3.63, 3.8) is 0 Å². The van der Waals surface area contributed by atoms with Crippen LogP contribution in [-0.4, -0.2) is 12.5 Å². The molecule has 1 nitrogen and oxygen atoms in total. The third-order valence-corrected chi connectivity index (χ3v) is 4.11. The van der Waals surface area contributed by atoms with E-state index in [1.807, 2.05) is 19.1 Å². The van der Waals surface area contributed by atoms with Crippen LogP contribution in [-0.2, 0) is 0 Å². The molecule has 0 unspecified atom stereocenters. The quantitative estimate of drug-likeness (QED) is 0.665. The van der Waals surface area contributed by atoms with Gasteiger partial charge in [0.05, 0.1) is 6.61 Å². The number of allylic oxidation sites excluding steroid dienone is 1. The Bertz CT molecular complexity index is 419. The first-order valence-corrected chi connectivity index (χ1v) is 7.86. The molecule has 0 bridgehead atoms. The van der Waals surface area contributed by atoms with Crippen molar-refractivity contribution in [3.05, 3.63) is 35.4 Å². The van der Waals surface area contributed by atoms with E-state index in [0.29, 0.717) is 18.4 Å². The van der Waals surface area contributed by atoms with E-state index in [4.69, 9.17) is 16.3 Å². The van der Waals surface area contributed by atoms with E-state index in [0.717, 1.165) is 5.75 Å². The van der Waals surface area contributed by atoms with Gasteiger partial charge in [0.15, 0.2) is 0 Å². The third kappa shape index (κ3) is 4.28. The van der Waals surface area contributed by atoms with E-state index in [9.17, 15) is 0 Å². The molecule has 1 aromatic carbocycles. The zero-order valence-corrected chi connectivity index (χ0v) is 12.5. The molecule has 1 aromatic rings. The Kier molecular flexibility index (Phi) is 5.78. The van der Waals surface area contributed by atoms with Crippen molar-refractivity contribution in [1.29, 1.82) is 0 Å². The van der Waals surface area contributed by atoms with Crippen LogP contribution in [0.4, 0.5) is 0 Å². The predicted octanol–water partition coefficient (Wildman–Crippen LogP) is 5.29. The Hall–Kier alpha value is -0.950. The highest BCUT2D eigenvalue weighted by molar-refractivity contribution is 6.19. The lowest BCUT2D eigenvalue weighted by molar-refractivity contribution is 0.340. The zero-order valence-electron chi connectivity index (χ0n) is 11.7. The van der Waals surface area contributed by atoms with Gasteiger partial charge in [-0.25, -0.2) is 0 Å². The van der Waals surface area contributed by atoms with Gasteiger partial charge in [0.25, 0.3) is 0 Å². The normalized spacial score (nSPS) is 17.5. The van der Waals surface area contributed by atoms with E-state index in [2.05, 4.69) is 18.2 Å². The lowest BCUT2D eigenvalue weighted by Crippen LogP contribution is -2.10. The molecule has 0 radical (unpaired) electrons. The van der Waals surface area contributed by atoms with E-state index >= 15 is 0 Å². The molecule has 0 aromatic heterocycles. The van der Waals surface area contributed by atoms with Crippen LogP contribution in [0.3, 0.4) is 0 Å². The molecule has 1 saturated carbocycles. The summed E-state index contributed by atoms with van der Waals surface area (Å²) in [5.41, 5.74) is 2.59. The van der Waals surface area contributed by atoms with E-state index in [-0.39, 0.29) is 0 Å². The predicted molar refractivity (Wildman–Crippen MR) is 82.9 cm³/mol. The highest BCUT2D eigenvalue weighted by Gasteiger charge is 2.17. The van der Waals surface area contributed by atoms with Crippen molar-refractivity contribution >= 4 is 17.7 Å². The Morgan fingerprint density at radius 2 is 2.11 bits per heavy atom. The Morgan fingerprint density at radius 1 is 1.32 bits per heavy atom. The van der Waals surface area contributed by atoms with Crippen molar-refractivity contribution in [3.8, 4) is 5.75 Å². The van der Waals surface area contributed by atoms with Crippen LogP contribution in [0.1, 0.15) is 44.6 Å². The molecule has 0 heterocycles. The molecule has 2 rings (SSSR count). The molecule has 0 spiro atoms. The molecule has 0 saturated heterocycles. The number of hydrogen-bond donors (Lipinski definition) is 0. The summed E-state index contributed by atoms with van der Waals surface area (Å²) in [7, 11) is 0. The Balaban J connectivity index is 2.14. The number of ether oxygens (including phenoxy) is 1. The fourth-order valence-corrected chi connectivity index (χ4v) is 3.11. The van der Waals surface area contributed by atoms with Crippen molar-refractivity contribution < 1.29 is 4.74 Å². The Morgan fingerprint density at radius 3 is 2.79 bits per heavy atom. The van der Waals surface area contributed by atoms with Crippen LogP contribution in [0.25, 0.3) is 6.08 Å². The van der Waals surface area contributed by atoms with Gasteiger partial charge in [-0.15, -0.1) is 11.6 Å². The molecule has 1 fully saturated rings. The van der Waals surface area contributed by atoms with E-state index in [1.54, 1.807) is 0 Å². The Labute approximate surface area is 121 Å². The van der Waals surface area contributed by atoms with Crippen LogP contribution in [0, 0.1) is 5.92 Å². The average molecular weight is 279 g/mol. The maximum absolute atomic E-state index is 6.15. The summed E-state index contributed by atoms with van der Waals surface area (Å²) in [5, 5.41) is 0. The van der Waals surface area contributed by atoms with Gasteiger partial charge in [0, 0.05) is 5.88 Å². The number of halogens is 1. The molecular formula is C17H23ClO. The first-order valence-electron chi connectivity index (χ1n) is 7.32. The van der Waals surface area contributed by atoms with Gasteiger partial charge in [-0.1, -0.05) is 43.0 Å². The highest BCUT2D eigenvalue weighted by Crippen LogP contribution is 2.31. The average Bonchev–Trinajstić information content (AvgIpc) is 2.46. The summed E-state index contributed by atoms with van der Waals surface area (Å²) in [4.78, 5) is 0. The highest BCUT2D eigenvalue weighted by atomic mass is 35.5. The first kappa shape index (κ1) is 14.5. The fourth-order valence-electron chi connectivity index (χ4n) is 2.81. The van der Waals surface area contributed by atoms with Crippen LogP contribution in [0.2, 0.25) is 0 Å². The van der Waals surface area contributed by atoms with Crippen LogP contribution in [0.5, 0.6) is 5.75 Å². The molecule has 0 aliphatic heterocycles. The molecule has 0 amide bonds. The number of alkyl halides is 1. The lowest BCUT2D eigenvalue weighted by atomic mass is 9.83. The van der Waals surface area contributed by atoms with Crippen molar-refractivity contribution in [2.75, 3.05) is 12.5 Å². The van der Waals surface area contributed by atoms with Gasteiger partial charge in [0.1, 0.15) is 5.75 Å². The zero-order chi connectivity index (χ0) is 13.5. The monoisotopic (exact) mass is 278 g/mol. The lowest BCUT2D eigenvalue weighted by Gasteiger charge is -2.23. The van der Waals surface area contributed by atoms with Gasteiger partial charge in [-0.3, -0.25) is 0 Å². The topological polar surface area (TPSA) is 9.23 Å². The molecular weight excluding hydrogens is 256 g/mol. The standard InChI is InChI=1S/C17H23ClO/c1-2-19-17-10-6-7-14(12-17)11-16(13-18)15-8-4-3-5-9-15/h6-7,10-12,15H,2-5,8-9,13H2,1H3. The minimum absolute atomic E-state index is 0.642. The molecule has 2 heteroatoms. The van der Waals surface area contributed by atoms with Crippen LogP contribution >= 0.6 is 11.6 Å². The van der Waals surface area contributed by atoms with Crippen molar-refractivity contribution in [2.24, 2.45) is 5.92 Å². The number of rotatable bonds is 5. The van der Waals surface area contributed by atoms with Crippen LogP contribution < -0.4 is 4.74 Å². The molecule has 1 aliphatic rings. The second kappa shape index (κ2) is 7.59.